The van der Waals surface area contributed by atoms with Crippen molar-refractivity contribution < 1.29 is 38.3 Å². The van der Waals surface area contributed by atoms with E-state index in [2.05, 4.69) is 91.7 Å². The van der Waals surface area contributed by atoms with Crippen molar-refractivity contribution in [3.8, 4) is 34.0 Å². The number of hydrogen-bond acceptors (Lipinski definition) is 12. The molecule has 2 fully saturated rings. The molecule has 2 aliphatic rings. The topological polar surface area (TPSA) is 154 Å². The lowest BCUT2D eigenvalue weighted by atomic mass is 9.92. The zero-order valence-electron chi connectivity index (χ0n) is 37.5. The molecule has 0 unspecified atom stereocenters. The lowest BCUT2D eigenvalue weighted by Crippen LogP contribution is -2.39. The van der Waals surface area contributed by atoms with E-state index in [0.717, 1.165) is 72.5 Å². The monoisotopic (exact) mass is 892 g/mol. The van der Waals surface area contributed by atoms with Gasteiger partial charge in [0.2, 0.25) is 11.8 Å². The number of pyridine rings is 4. The van der Waals surface area contributed by atoms with E-state index in [9.17, 15) is 4.79 Å². The second-order valence-electron chi connectivity index (χ2n) is 16.8. The van der Waals surface area contributed by atoms with Crippen LogP contribution in [0.1, 0.15) is 38.5 Å². The molecular weight excluding hydrogens is 837 g/mol. The van der Waals surface area contributed by atoms with E-state index in [4.69, 9.17) is 33.5 Å². The largest absolute Gasteiger partial charge is 0.474 e. The van der Waals surface area contributed by atoms with Crippen molar-refractivity contribution in [1.29, 1.82) is 0 Å². The summed E-state index contributed by atoms with van der Waals surface area (Å²) >= 11 is 0. The van der Waals surface area contributed by atoms with E-state index >= 15 is 0 Å². The molecule has 66 heavy (non-hydrogen) atoms. The fourth-order valence-corrected chi connectivity index (χ4v) is 8.67. The van der Waals surface area contributed by atoms with Crippen LogP contribution in [0.3, 0.4) is 0 Å². The van der Waals surface area contributed by atoms with Gasteiger partial charge in [-0.05, 0) is 60.4 Å². The summed E-state index contributed by atoms with van der Waals surface area (Å²) in [6.07, 6.45) is 17.9. The van der Waals surface area contributed by atoms with Gasteiger partial charge in [-0.25, -0.2) is 9.97 Å². The summed E-state index contributed by atoms with van der Waals surface area (Å²) < 4.78 is 38.4. The van der Waals surface area contributed by atoms with Crippen LogP contribution in [0.5, 0.6) is 11.8 Å². The molecule has 14 nitrogen and oxygen atoms in total. The Morgan fingerprint density at radius 1 is 0.545 bits per heavy atom. The Morgan fingerprint density at radius 2 is 1.03 bits per heavy atom. The third-order valence-electron chi connectivity index (χ3n) is 12.4. The Hall–Kier alpha value is -6.29. The molecule has 14 heteroatoms. The van der Waals surface area contributed by atoms with E-state index in [-0.39, 0.29) is 37.6 Å². The smallest absolute Gasteiger partial charge is 0.213 e. The highest BCUT2D eigenvalue weighted by Crippen LogP contribution is 2.34. The van der Waals surface area contributed by atoms with Crippen LogP contribution in [0.25, 0.3) is 65.9 Å². The maximum Gasteiger partial charge on any atom is 0.213 e. The van der Waals surface area contributed by atoms with Crippen LogP contribution in [0.2, 0.25) is 0 Å². The average molecular weight is 893 g/mol. The number of rotatable bonds is 20. The van der Waals surface area contributed by atoms with E-state index in [1.54, 1.807) is 0 Å². The van der Waals surface area contributed by atoms with Crippen molar-refractivity contribution in [2.45, 2.75) is 62.9 Å². The number of benzene rings is 2. The number of aldehydes is 1. The lowest BCUT2D eigenvalue weighted by molar-refractivity contribution is -0.112. The van der Waals surface area contributed by atoms with Gasteiger partial charge in [-0.2, -0.15) is 0 Å². The number of aliphatic hydroxyl groups is 1. The maximum atomic E-state index is 10.2. The third kappa shape index (κ3) is 10.4. The van der Waals surface area contributed by atoms with E-state index in [0.29, 0.717) is 44.8 Å². The minimum Gasteiger partial charge on any atom is -0.474 e. The molecule has 2 aromatic carbocycles. The molecule has 0 aliphatic heterocycles. The standard InChI is InChI=1S/C26H29N3O4.C26H27N3O4/c2*1-29-24-7-8-27-17-23(24)22-5-3-18(13-25(22)29)19-4-6-26(28-16-19)33-21-14-20(15-21)32-11-2-10-31-12-9-30/h3-8,13,16-17,20-21,30H,2,9-12,14-15H2,1H3;3-9,13,16-17,20-21H,2,10-12,14-15H2,1H3. The quantitative estimate of drug-likeness (QED) is 0.0577. The molecule has 0 bridgehead atoms. The van der Waals surface area contributed by atoms with Crippen LogP contribution in [0, 0.1) is 0 Å². The summed E-state index contributed by atoms with van der Waals surface area (Å²) in [6, 6.07) is 25.1. The highest BCUT2D eigenvalue weighted by atomic mass is 16.5. The summed E-state index contributed by atoms with van der Waals surface area (Å²) in [5.41, 5.74) is 9.06. The first-order valence-electron chi connectivity index (χ1n) is 22.8. The van der Waals surface area contributed by atoms with Gasteiger partial charge in [0, 0.05) is 159 Å². The summed E-state index contributed by atoms with van der Waals surface area (Å²) in [5, 5.41) is 13.4. The minimum atomic E-state index is 0.0644. The van der Waals surface area contributed by atoms with Gasteiger partial charge >= 0.3 is 0 Å². The first-order valence-corrected chi connectivity index (χ1v) is 22.8. The molecule has 2 aliphatic carbocycles. The van der Waals surface area contributed by atoms with Gasteiger partial charge in [0.25, 0.3) is 0 Å². The highest BCUT2D eigenvalue weighted by Gasteiger charge is 2.33. The number of nitrogens with zero attached hydrogens (tertiary/aromatic N) is 6. The first-order chi connectivity index (χ1) is 32.4. The first kappa shape index (κ1) is 44.9. The summed E-state index contributed by atoms with van der Waals surface area (Å²) in [5.74, 6) is 1.29. The molecule has 0 radical (unpaired) electrons. The van der Waals surface area contributed by atoms with Crippen LogP contribution >= 0.6 is 0 Å². The van der Waals surface area contributed by atoms with Crippen molar-refractivity contribution in [2.75, 3.05) is 46.2 Å². The number of aromatic nitrogens is 6. The van der Waals surface area contributed by atoms with Gasteiger partial charge in [0.15, 0.2) is 0 Å². The van der Waals surface area contributed by atoms with Crippen LogP contribution in [-0.4, -0.2) is 111 Å². The number of ether oxygens (including phenoxy) is 6. The maximum absolute atomic E-state index is 10.2. The fourth-order valence-electron chi connectivity index (χ4n) is 8.67. The van der Waals surface area contributed by atoms with E-state index < -0.39 is 0 Å². The van der Waals surface area contributed by atoms with Crippen molar-refractivity contribution in [3.05, 3.63) is 110 Å². The molecule has 8 aromatic rings. The molecule has 0 spiro atoms. The number of aryl methyl sites for hydroxylation is 2. The normalized spacial score (nSPS) is 17.9. The van der Waals surface area contributed by atoms with Gasteiger partial charge in [-0.15, -0.1) is 0 Å². The summed E-state index contributed by atoms with van der Waals surface area (Å²) in [6.45, 7) is 3.09. The third-order valence-corrected chi connectivity index (χ3v) is 12.4. The van der Waals surface area contributed by atoms with Crippen molar-refractivity contribution in [3.63, 3.8) is 0 Å². The Labute approximate surface area is 383 Å². The summed E-state index contributed by atoms with van der Waals surface area (Å²) in [7, 11) is 4.17. The van der Waals surface area contributed by atoms with Gasteiger partial charge in [-0.3, -0.25) is 9.97 Å². The lowest BCUT2D eigenvalue weighted by Gasteiger charge is -2.34. The molecule has 6 heterocycles. The minimum absolute atomic E-state index is 0.0644. The van der Waals surface area contributed by atoms with Crippen molar-refractivity contribution in [1.82, 2.24) is 29.1 Å². The van der Waals surface area contributed by atoms with Crippen molar-refractivity contribution >= 4 is 49.9 Å². The Kier molecular flexibility index (Phi) is 14.5. The average Bonchev–Trinajstić information content (AvgIpc) is 3.78. The van der Waals surface area contributed by atoms with Gasteiger partial charge in [-0.1, -0.05) is 24.3 Å². The molecule has 10 rings (SSSR count). The Morgan fingerprint density at radius 3 is 1.48 bits per heavy atom. The molecule has 6 aromatic heterocycles. The predicted molar refractivity (Wildman–Crippen MR) is 254 cm³/mol. The van der Waals surface area contributed by atoms with Crippen LogP contribution in [-0.2, 0) is 37.8 Å². The molecule has 0 amide bonds. The Balaban J connectivity index is 0.000000166. The zero-order valence-corrected chi connectivity index (χ0v) is 37.5. The SMILES string of the molecule is Cn1c2ccncc2c2ccc(-c3ccc(OC4CC(OCCCOCC=O)C4)nc3)cc21.Cn1c2ccncc2c2ccc(-c3ccc(OC4CC(OCCCOCCO)C4)nc3)cc21. The number of aliphatic hydroxyl groups excluding tert-OH is 1. The fraction of sp³-hybridized carbons (Fsp3) is 0.365. The molecule has 2 saturated carbocycles. The highest BCUT2D eigenvalue weighted by molar-refractivity contribution is 6.09. The predicted octanol–water partition coefficient (Wildman–Crippen LogP) is 8.43. The molecule has 0 saturated heterocycles. The zero-order chi connectivity index (χ0) is 45.2. The van der Waals surface area contributed by atoms with Crippen LogP contribution in [0.4, 0.5) is 0 Å². The van der Waals surface area contributed by atoms with Crippen LogP contribution in [0.15, 0.2) is 110 Å². The Bertz CT molecular complexity index is 2850. The second-order valence-corrected chi connectivity index (χ2v) is 16.8. The van der Waals surface area contributed by atoms with Gasteiger partial charge in [0.1, 0.15) is 25.1 Å². The number of carbonyl (C=O) groups is 1. The molecule has 0 atom stereocenters. The molecule has 342 valence electrons. The number of carbonyl (C=O) groups excluding carboxylic acids is 1. The number of hydrogen-bond donors (Lipinski definition) is 1. The molecule has 1 N–H and O–H groups in total. The van der Waals surface area contributed by atoms with Gasteiger partial charge in [0.05, 0.1) is 36.5 Å². The van der Waals surface area contributed by atoms with E-state index in [1.807, 2.05) is 61.4 Å². The van der Waals surface area contributed by atoms with E-state index in [1.165, 1.54) is 38.2 Å². The van der Waals surface area contributed by atoms with Crippen molar-refractivity contribution in [2.24, 2.45) is 14.1 Å². The second kappa shape index (κ2) is 21.3. The summed E-state index contributed by atoms with van der Waals surface area (Å²) in [4.78, 5) is 27.8. The molecular formula is C52H56N6O8. The number of fused-ring (bicyclic) bond motifs is 6. The van der Waals surface area contributed by atoms with Crippen LogP contribution < -0.4 is 9.47 Å². The van der Waals surface area contributed by atoms with Gasteiger partial charge < -0.3 is 47.5 Å².